The van der Waals surface area contributed by atoms with Crippen molar-refractivity contribution >= 4 is 5.69 Å². The third-order valence-electron chi connectivity index (χ3n) is 3.10. The van der Waals surface area contributed by atoms with Gasteiger partial charge < -0.3 is 9.88 Å². The van der Waals surface area contributed by atoms with E-state index in [1.807, 2.05) is 0 Å². The lowest BCUT2D eigenvalue weighted by Crippen LogP contribution is -2.03. The van der Waals surface area contributed by atoms with Crippen LogP contribution in [0.4, 0.5) is 5.69 Å². The second-order valence-corrected chi connectivity index (χ2v) is 4.06. The Hall–Kier alpha value is -1.70. The molecule has 1 aliphatic heterocycles. The highest BCUT2D eigenvalue weighted by molar-refractivity contribution is 5.52. The van der Waals surface area contributed by atoms with Gasteiger partial charge in [-0.05, 0) is 30.7 Å². The van der Waals surface area contributed by atoms with Gasteiger partial charge in [-0.3, -0.25) is 0 Å². The van der Waals surface area contributed by atoms with E-state index in [0.29, 0.717) is 0 Å². The number of aryl methyl sites for hydroxylation is 1. The molecule has 2 heterocycles. The first kappa shape index (κ1) is 8.60. The van der Waals surface area contributed by atoms with Gasteiger partial charge >= 0.3 is 0 Å². The molecule has 1 aromatic carbocycles. The molecule has 15 heavy (non-hydrogen) atoms. The fraction of sp³-hybridized carbons (Fsp3) is 0.231. The summed E-state index contributed by atoms with van der Waals surface area (Å²) in [6, 6.07) is 12.9. The van der Waals surface area contributed by atoms with Crippen LogP contribution in [0.15, 0.2) is 36.4 Å². The lowest BCUT2D eigenvalue weighted by molar-refractivity contribution is 0.746. The van der Waals surface area contributed by atoms with Gasteiger partial charge in [0.2, 0.25) is 0 Å². The Balaban J connectivity index is 2.12. The summed E-state index contributed by atoms with van der Waals surface area (Å²) in [6.07, 6.45) is 0. The minimum atomic E-state index is 0.921. The second-order valence-electron chi connectivity index (χ2n) is 4.06. The van der Waals surface area contributed by atoms with Gasteiger partial charge in [-0.1, -0.05) is 18.2 Å². The summed E-state index contributed by atoms with van der Waals surface area (Å²) in [6.45, 7) is 4.07. The summed E-state index contributed by atoms with van der Waals surface area (Å²) in [5.74, 6) is 0. The van der Waals surface area contributed by atoms with Gasteiger partial charge in [0.25, 0.3) is 0 Å². The lowest BCUT2D eigenvalue weighted by Gasteiger charge is -2.08. The fourth-order valence-corrected chi connectivity index (χ4v) is 2.19. The molecular formula is C13H14N2. The Morgan fingerprint density at radius 1 is 1.13 bits per heavy atom. The van der Waals surface area contributed by atoms with E-state index >= 15 is 0 Å². The number of anilines is 1. The van der Waals surface area contributed by atoms with Gasteiger partial charge in [-0.2, -0.15) is 0 Å². The minimum Gasteiger partial charge on any atom is -0.379 e. The smallest absolute Gasteiger partial charge is 0.0553 e. The number of hydrogen-bond acceptors (Lipinski definition) is 1. The highest BCUT2D eigenvalue weighted by atomic mass is 15.0. The first-order valence-electron chi connectivity index (χ1n) is 5.31. The zero-order chi connectivity index (χ0) is 10.3. The molecule has 0 saturated carbocycles. The molecule has 2 nitrogen and oxygen atoms in total. The van der Waals surface area contributed by atoms with Crippen LogP contribution < -0.4 is 5.32 Å². The normalized spacial score (nSPS) is 13.7. The Labute approximate surface area is 89.5 Å². The first-order valence-corrected chi connectivity index (χ1v) is 5.31. The second kappa shape index (κ2) is 3.16. The van der Waals surface area contributed by atoms with Crippen molar-refractivity contribution in [3.8, 4) is 0 Å². The molecular weight excluding hydrogens is 184 g/mol. The maximum Gasteiger partial charge on any atom is 0.0553 e. The van der Waals surface area contributed by atoms with E-state index in [4.69, 9.17) is 0 Å². The van der Waals surface area contributed by atoms with Crippen LogP contribution in [-0.2, 0) is 13.1 Å². The van der Waals surface area contributed by atoms with Crippen molar-refractivity contribution in [2.75, 3.05) is 5.32 Å². The molecule has 2 heteroatoms. The number of nitrogens with one attached hydrogen (secondary N) is 1. The molecule has 0 amide bonds. The Bertz CT molecular complexity index is 497. The van der Waals surface area contributed by atoms with Crippen molar-refractivity contribution in [2.45, 2.75) is 20.0 Å². The zero-order valence-corrected chi connectivity index (χ0v) is 8.83. The molecule has 2 aromatic rings. The van der Waals surface area contributed by atoms with Crippen molar-refractivity contribution in [3.63, 3.8) is 0 Å². The third-order valence-corrected chi connectivity index (χ3v) is 3.10. The van der Waals surface area contributed by atoms with Crippen LogP contribution in [0.2, 0.25) is 0 Å². The SMILES string of the molecule is Cc1ccc2n1Cc1ccccc1NC2. The number of hydrogen-bond donors (Lipinski definition) is 1. The molecule has 0 unspecified atom stereocenters. The van der Waals surface area contributed by atoms with Crippen LogP contribution in [0.3, 0.4) is 0 Å². The molecule has 3 rings (SSSR count). The van der Waals surface area contributed by atoms with Gasteiger partial charge in [-0.15, -0.1) is 0 Å². The van der Waals surface area contributed by atoms with E-state index in [-0.39, 0.29) is 0 Å². The molecule has 76 valence electrons. The van der Waals surface area contributed by atoms with Gasteiger partial charge in [0, 0.05) is 23.6 Å². The van der Waals surface area contributed by atoms with Crippen molar-refractivity contribution < 1.29 is 0 Å². The van der Waals surface area contributed by atoms with Crippen molar-refractivity contribution in [3.05, 3.63) is 53.3 Å². The van der Waals surface area contributed by atoms with Crippen LogP contribution >= 0.6 is 0 Å². The summed E-state index contributed by atoms with van der Waals surface area (Å²) in [5.41, 5.74) is 5.34. The number of benzene rings is 1. The molecule has 0 aliphatic carbocycles. The molecule has 1 N–H and O–H groups in total. The average Bonchev–Trinajstić information content (AvgIpc) is 2.51. The molecule has 1 aliphatic rings. The Morgan fingerprint density at radius 3 is 2.93 bits per heavy atom. The Morgan fingerprint density at radius 2 is 2.00 bits per heavy atom. The molecule has 0 bridgehead atoms. The number of rotatable bonds is 0. The lowest BCUT2D eigenvalue weighted by atomic mass is 10.2. The highest BCUT2D eigenvalue weighted by Gasteiger charge is 2.12. The quantitative estimate of drug-likeness (QED) is 0.688. The van der Waals surface area contributed by atoms with Gasteiger partial charge in [-0.25, -0.2) is 0 Å². The summed E-state index contributed by atoms with van der Waals surface area (Å²) < 4.78 is 2.37. The molecule has 0 fully saturated rings. The number of fused-ring (bicyclic) bond motifs is 2. The predicted octanol–water partition coefficient (Wildman–Crippen LogP) is 2.77. The topological polar surface area (TPSA) is 17.0 Å². The van der Waals surface area contributed by atoms with E-state index in [2.05, 4.69) is 53.2 Å². The van der Waals surface area contributed by atoms with Crippen LogP contribution in [-0.4, -0.2) is 4.57 Å². The molecule has 0 saturated heterocycles. The van der Waals surface area contributed by atoms with Gasteiger partial charge in [0.15, 0.2) is 0 Å². The van der Waals surface area contributed by atoms with E-state index in [9.17, 15) is 0 Å². The first-order chi connectivity index (χ1) is 7.34. The van der Waals surface area contributed by atoms with Crippen molar-refractivity contribution in [1.29, 1.82) is 0 Å². The molecule has 0 spiro atoms. The van der Waals surface area contributed by atoms with E-state index in [1.165, 1.54) is 22.6 Å². The summed E-state index contributed by atoms with van der Waals surface area (Å²) >= 11 is 0. The maximum absolute atomic E-state index is 3.47. The summed E-state index contributed by atoms with van der Waals surface area (Å²) in [4.78, 5) is 0. The Kier molecular flexibility index (Phi) is 1.81. The van der Waals surface area contributed by atoms with Crippen LogP contribution in [0.25, 0.3) is 0 Å². The molecule has 1 aromatic heterocycles. The zero-order valence-electron chi connectivity index (χ0n) is 8.83. The number of nitrogens with zero attached hydrogens (tertiary/aromatic N) is 1. The van der Waals surface area contributed by atoms with E-state index in [1.54, 1.807) is 0 Å². The van der Waals surface area contributed by atoms with Crippen molar-refractivity contribution in [1.82, 2.24) is 4.57 Å². The standard InChI is InChI=1S/C13H14N2/c1-10-6-7-12-8-14-13-5-3-2-4-11(13)9-15(10)12/h2-7,14H,8-9H2,1H3. The van der Waals surface area contributed by atoms with Gasteiger partial charge in [0.05, 0.1) is 6.54 Å². The number of aromatic nitrogens is 1. The van der Waals surface area contributed by atoms with Gasteiger partial charge in [0.1, 0.15) is 0 Å². The summed E-state index contributed by atoms with van der Waals surface area (Å²) in [5, 5.41) is 3.47. The van der Waals surface area contributed by atoms with Crippen LogP contribution in [0.5, 0.6) is 0 Å². The third kappa shape index (κ3) is 1.33. The largest absolute Gasteiger partial charge is 0.379 e. The van der Waals surface area contributed by atoms with Crippen LogP contribution in [0.1, 0.15) is 17.0 Å². The van der Waals surface area contributed by atoms with Crippen LogP contribution in [0, 0.1) is 6.92 Å². The molecule has 0 radical (unpaired) electrons. The monoisotopic (exact) mass is 198 g/mol. The maximum atomic E-state index is 3.47. The minimum absolute atomic E-state index is 0.921. The summed E-state index contributed by atoms with van der Waals surface area (Å²) in [7, 11) is 0. The van der Waals surface area contributed by atoms with E-state index in [0.717, 1.165) is 13.1 Å². The number of para-hydroxylation sites is 1. The van der Waals surface area contributed by atoms with Crippen molar-refractivity contribution in [2.24, 2.45) is 0 Å². The highest BCUT2D eigenvalue weighted by Crippen LogP contribution is 2.23. The average molecular weight is 198 g/mol. The predicted molar refractivity (Wildman–Crippen MR) is 62.0 cm³/mol. The van der Waals surface area contributed by atoms with E-state index < -0.39 is 0 Å². The molecule has 0 atom stereocenters. The fourth-order valence-electron chi connectivity index (χ4n) is 2.19.